The number of hydrogen-bond donors (Lipinski definition) is 2. The van der Waals surface area contributed by atoms with E-state index in [9.17, 15) is 19.5 Å². The highest BCUT2D eigenvalue weighted by Gasteiger charge is 2.46. The highest BCUT2D eigenvalue weighted by atomic mass is 32.1. The van der Waals surface area contributed by atoms with Gasteiger partial charge in [0.05, 0.1) is 18.7 Å². The van der Waals surface area contributed by atoms with Crippen molar-refractivity contribution in [2.45, 2.75) is 25.8 Å². The van der Waals surface area contributed by atoms with Gasteiger partial charge in [-0.2, -0.15) is 0 Å². The molecular weight excluding hydrogens is 444 g/mol. The smallest absolute Gasteiger partial charge is 0.296 e. The number of aromatic nitrogens is 2. The molecule has 33 heavy (non-hydrogen) atoms. The number of ketones is 1. The fraction of sp³-hybridized carbons (Fsp3) is 0.261. The van der Waals surface area contributed by atoms with Crippen LogP contribution >= 0.6 is 11.3 Å². The van der Waals surface area contributed by atoms with E-state index >= 15 is 0 Å². The molecule has 9 nitrogen and oxygen atoms in total. The third-order valence-corrected chi connectivity index (χ3v) is 6.33. The Kier molecular flexibility index (Phi) is 6.10. The molecule has 1 aliphatic heterocycles. The lowest BCUT2D eigenvalue weighted by Gasteiger charge is -2.27. The van der Waals surface area contributed by atoms with Gasteiger partial charge in [-0.15, -0.1) is 10.2 Å². The van der Waals surface area contributed by atoms with Crippen LogP contribution < -0.4 is 15.0 Å². The number of aryl methyl sites for hydroxylation is 1. The van der Waals surface area contributed by atoms with E-state index in [2.05, 4.69) is 15.5 Å². The van der Waals surface area contributed by atoms with Crippen LogP contribution in [0.5, 0.6) is 5.75 Å². The summed E-state index contributed by atoms with van der Waals surface area (Å²) < 4.78 is 5.15. The predicted molar refractivity (Wildman–Crippen MR) is 122 cm³/mol. The number of aliphatic hydroxyl groups excluding tert-OH is 1. The van der Waals surface area contributed by atoms with Gasteiger partial charge >= 0.3 is 0 Å². The number of likely N-dealkylation sites (N-methyl/N-ethyl adjacent to an activating group) is 1. The van der Waals surface area contributed by atoms with Crippen molar-refractivity contribution < 1.29 is 24.2 Å². The van der Waals surface area contributed by atoms with Gasteiger partial charge in [0.1, 0.15) is 10.8 Å². The van der Waals surface area contributed by atoms with E-state index in [1.807, 2.05) is 6.08 Å². The maximum absolute atomic E-state index is 13.5. The molecule has 2 aliphatic rings. The molecule has 1 aromatic heterocycles. The van der Waals surface area contributed by atoms with Crippen molar-refractivity contribution in [1.29, 1.82) is 0 Å². The quantitative estimate of drug-likeness (QED) is 0.628. The van der Waals surface area contributed by atoms with Crippen LogP contribution in [0.15, 0.2) is 58.9 Å². The van der Waals surface area contributed by atoms with Crippen LogP contribution in [-0.2, 0) is 9.59 Å². The average molecular weight is 467 g/mol. The molecule has 2 amide bonds. The molecule has 4 rings (SSSR count). The molecule has 0 saturated heterocycles. The fourth-order valence-electron chi connectivity index (χ4n) is 3.89. The first-order chi connectivity index (χ1) is 15.8. The number of amides is 2. The number of ether oxygens (including phenoxy) is 1. The Morgan fingerprint density at radius 1 is 1.24 bits per heavy atom. The second kappa shape index (κ2) is 8.99. The number of allylic oxidation sites excluding steroid dienone is 1. The zero-order valence-corrected chi connectivity index (χ0v) is 19.1. The summed E-state index contributed by atoms with van der Waals surface area (Å²) in [5.41, 5.74) is 1.30. The molecular formula is C23H22N4O5S. The second-order valence-corrected chi connectivity index (χ2v) is 8.65. The normalized spacial score (nSPS) is 18.2. The Morgan fingerprint density at radius 2 is 1.97 bits per heavy atom. The van der Waals surface area contributed by atoms with Crippen molar-refractivity contribution in [3.8, 4) is 5.75 Å². The van der Waals surface area contributed by atoms with Gasteiger partial charge in [-0.05, 0) is 55.7 Å². The number of Topliss-reactive ketones (excluding diaryl/α,β-unsaturated/α-hetero) is 1. The number of carbonyl (C=O) groups is 3. The van der Waals surface area contributed by atoms with Crippen molar-refractivity contribution in [2.24, 2.45) is 0 Å². The average Bonchev–Trinajstić information content (AvgIpc) is 3.38. The van der Waals surface area contributed by atoms with Crippen molar-refractivity contribution in [3.63, 3.8) is 0 Å². The summed E-state index contributed by atoms with van der Waals surface area (Å²) in [6.07, 6.45) is 4.61. The minimum absolute atomic E-state index is 0.0707. The first kappa shape index (κ1) is 22.4. The molecule has 0 radical (unpaired) electrons. The number of anilines is 1. The molecule has 1 aliphatic carbocycles. The topological polar surface area (TPSA) is 122 Å². The molecule has 1 atom stereocenters. The summed E-state index contributed by atoms with van der Waals surface area (Å²) >= 11 is 1.17. The third kappa shape index (κ3) is 4.05. The van der Waals surface area contributed by atoms with Crippen LogP contribution in [0.2, 0.25) is 0 Å². The van der Waals surface area contributed by atoms with Crippen molar-refractivity contribution in [1.82, 2.24) is 15.5 Å². The van der Waals surface area contributed by atoms with Gasteiger partial charge in [-0.3, -0.25) is 19.3 Å². The lowest BCUT2D eigenvalue weighted by molar-refractivity contribution is -0.117. The minimum atomic E-state index is -0.945. The maximum atomic E-state index is 13.5. The number of rotatable bonds is 6. The van der Waals surface area contributed by atoms with Crippen molar-refractivity contribution >= 4 is 34.1 Å². The Bertz CT molecular complexity index is 1230. The van der Waals surface area contributed by atoms with E-state index in [1.54, 1.807) is 44.3 Å². The summed E-state index contributed by atoms with van der Waals surface area (Å²) in [4.78, 5) is 40.2. The Balaban J connectivity index is 1.83. The Morgan fingerprint density at radius 3 is 2.58 bits per heavy atom. The number of aliphatic hydroxyl groups is 1. The van der Waals surface area contributed by atoms with E-state index in [0.29, 0.717) is 34.7 Å². The van der Waals surface area contributed by atoms with Gasteiger partial charge in [0, 0.05) is 18.2 Å². The molecule has 0 saturated carbocycles. The third-order valence-electron chi connectivity index (χ3n) is 5.50. The number of hydrogen-bond acceptors (Lipinski definition) is 8. The van der Waals surface area contributed by atoms with Crippen LogP contribution in [0.25, 0.3) is 0 Å². The summed E-state index contributed by atoms with van der Waals surface area (Å²) in [6.45, 7) is 1.75. The molecule has 0 bridgehead atoms. The number of benzene rings is 1. The molecule has 1 aromatic carbocycles. The second-order valence-electron chi connectivity index (χ2n) is 7.49. The zero-order chi connectivity index (χ0) is 23.7. The molecule has 0 fully saturated rings. The van der Waals surface area contributed by atoms with Crippen molar-refractivity contribution in [3.05, 3.63) is 69.5 Å². The van der Waals surface area contributed by atoms with Crippen LogP contribution in [0.4, 0.5) is 5.13 Å². The number of nitrogens with one attached hydrogen (secondary N) is 1. The minimum Gasteiger partial charge on any atom is -0.503 e. The standard InChI is InChI=1S/C23H22N4O5S/c1-12-25-26-23(33-12)27-18(14-5-4-6-15(11-14)21(30)24-2)17(20(29)22(27)31)19(28)13-7-9-16(32-3)10-8-13/h5,7-11,18,29H,4,6H2,1-3H3,(H,24,30). The Labute approximate surface area is 194 Å². The van der Waals surface area contributed by atoms with Gasteiger partial charge < -0.3 is 15.2 Å². The lowest BCUT2D eigenvalue weighted by atomic mass is 9.88. The SMILES string of the molecule is CNC(=O)C1=CC(C2C(C(=O)c3ccc(OC)cc3)=C(O)C(=O)N2c2nnc(C)s2)=CCC1. The molecule has 2 N–H and O–H groups in total. The van der Waals surface area contributed by atoms with E-state index in [-0.39, 0.29) is 22.2 Å². The summed E-state index contributed by atoms with van der Waals surface area (Å²) in [5.74, 6) is -1.55. The van der Waals surface area contributed by atoms with Crippen LogP contribution in [0, 0.1) is 6.92 Å². The first-order valence-electron chi connectivity index (χ1n) is 10.2. The van der Waals surface area contributed by atoms with Crippen LogP contribution in [-0.4, -0.2) is 53.1 Å². The number of nitrogens with zero attached hydrogens (tertiary/aromatic N) is 3. The first-order valence-corrected chi connectivity index (χ1v) is 11.1. The van der Waals surface area contributed by atoms with Crippen LogP contribution in [0.3, 0.4) is 0 Å². The maximum Gasteiger partial charge on any atom is 0.296 e. The van der Waals surface area contributed by atoms with Gasteiger partial charge in [-0.25, -0.2) is 0 Å². The summed E-state index contributed by atoms with van der Waals surface area (Å²) in [6, 6.07) is 5.46. The molecule has 10 heteroatoms. The van der Waals surface area contributed by atoms with E-state index < -0.39 is 23.5 Å². The highest BCUT2D eigenvalue weighted by molar-refractivity contribution is 7.15. The fourth-order valence-corrected chi connectivity index (χ4v) is 4.60. The summed E-state index contributed by atoms with van der Waals surface area (Å²) in [7, 11) is 3.06. The van der Waals surface area contributed by atoms with Gasteiger partial charge in [0.2, 0.25) is 11.0 Å². The monoisotopic (exact) mass is 466 g/mol. The lowest BCUT2D eigenvalue weighted by Crippen LogP contribution is -2.38. The molecule has 2 heterocycles. The molecule has 2 aromatic rings. The van der Waals surface area contributed by atoms with Crippen LogP contribution in [0.1, 0.15) is 28.2 Å². The molecule has 1 unspecified atom stereocenters. The van der Waals surface area contributed by atoms with Gasteiger partial charge in [0.25, 0.3) is 5.91 Å². The number of carbonyl (C=O) groups excluding carboxylic acids is 3. The zero-order valence-electron chi connectivity index (χ0n) is 18.3. The molecule has 0 spiro atoms. The largest absolute Gasteiger partial charge is 0.503 e. The molecule has 170 valence electrons. The number of methoxy groups -OCH3 is 1. The highest BCUT2D eigenvalue weighted by Crippen LogP contribution is 2.39. The van der Waals surface area contributed by atoms with E-state index in [0.717, 1.165) is 0 Å². The Hall–Kier alpha value is -3.79. The predicted octanol–water partition coefficient (Wildman–Crippen LogP) is 2.66. The summed E-state index contributed by atoms with van der Waals surface area (Å²) in [5, 5.41) is 22.4. The van der Waals surface area contributed by atoms with E-state index in [1.165, 1.54) is 23.3 Å². The van der Waals surface area contributed by atoms with E-state index in [4.69, 9.17) is 4.74 Å². The van der Waals surface area contributed by atoms with Gasteiger partial charge in [-0.1, -0.05) is 17.4 Å². The van der Waals surface area contributed by atoms with Crippen molar-refractivity contribution in [2.75, 3.05) is 19.1 Å². The van der Waals surface area contributed by atoms with Gasteiger partial charge in [0.15, 0.2) is 11.5 Å².